The van der Waals surface area contributed by atoms with Crippen LogP contribution in [0, 0.1) is 0 Å². The Labute approximate surface area is 91.3 Å². The van der Waals surface area contributed by atoms with Gasteiger partial charge in [0.1, 0.15) is 0 Å². The maximum atomic E-state index is 5.53. The van der Waals surface area contributed by atoms with E-state index in [1.54, 1.807) is 5.54 Å². The van der Waals surface area contributed by atoms with Gasteiger partial charge in [-0.3, -0.25) is 4.90 Å². The van der Waals surface area contributed by atoms with Crippen LogP contribution in [0.3, 0.4) is 0 Å². The lowest BCUT2D eigenvalue weighted by Gasteiger charge is -2.35. The standard InChI is InChI=1S/C11H19ClN2/c1-14(6-2-5-12)11-7-9-3-4-10(8-11)13-9/h2,5,9-11,13H,3-4,6-8H2,1H3. The maximum absolute atomic E-state index is 5.53. The Bertz CT molecular complexity index is 205. The molecule has 2 aliphatic heterocycles. The van der Waals surface area contributed by atoms with Crippen molar-refractivity contribution in [2.75, 3.05) is 13.6 Å². The van der Waals surface area contributed by atoms with Crippen molar-refractivity contribution >= 4 is 11.6 Å². The summed E-state index contributed by atoms with van der Waals surface area (Å²) < 4.78 is 0. The third-order valence-electron chi connectivity index (χ3n) is 3.55. The van der Waals surface area contributed by atoms with Crippen LogP contribution >= 0.6 is 11.6 Å². The minimum Gasteiger partial charge on any atom is -0.311 e. The Balaban J connectivity index is 1.86. The molecule has 0 aromatic heterocycles. The molecule has 2 fully saturated rings. The van der Waals surface area contributed by atoms with E-state index < -0.39 is 0 Å². The monoisotopic (exact) mass is 214 g/mol. The molecule has 80 valence electrons. The second kappa shape index (κ2) is 4.65. The lowest BCUT2D eigenvalue weighted by Crippen LogP contribution is -2.46. The van der Waals surface area contributed by atoms with Crippen LogP contribution in [-0.2, 0) is 0 Å². The van der Waals surface area contributed by atoms with E-state index in [1.807, 2.05) is 6.08 Å². The van der Waals surface area contributed by atoms with Crippen LogP contribution < -0.4 is 5.32 Å². The molecule has 2 atom stereocenters. The summed E-state index contributed by atoms with van der Waals surface area (Å²) in [6.07, 6.45) is 7.39. The first kappa shape index (κ1) is 10.5. The van der Waals surface area contributed by atoms with Crippen molar-refractivity contribution in [1.29, 1.82) is 0 Å². The summed E-state index contributed by atoms with van der Waals surface area (Å²) in [5, 5.41) is 3.66. The molecular weight excluding hydrogens is 196 g/mol. The van der Waals surface area contributed by atoms with E-state index in [0.717, 1.165) is 24.7 Å². The fourth-order valence-electron chi connectivity index (χ4n) is 2.74. The van der Waals surface area contributed by atoms with Gasteiger partial charge in [0, 0.05) is 30.2 Å². The van der Waals surface area contributed by atoms with Crippen molar-refractivity contribution in [1.82, 2.24) is 10.2 Å². The molecule has 2 saturated heterocycles. The summed E-state index contributed by atoms with van der Waals surface area (Å²) in [7, 11) is 2.20. The van der Waals surface area contributed by atoms with Crippen LogP contribution in [0.15, 0.2) is 11.6 Å². The first-order chi connectivity index (χ1) is 6.79. The summed E-state index contributed by atoms with van der Waals surface area (Å²) in [5.41, 5.74) is 1.62. The molecule has 1 N–H and O–H groups in total. The van der Waals surface area contributed by atoms with Gasteiger partial charge in [-0.25, -0.2) is 0 Å². The highest BCUT2D eigenvalue weighted by molar-refractivity contribution is 6.25. The Morgan fingerprint density at radius 1 is 1.36 bits per heavy atom. The van der Waals surface area contributed by atoms with E-state index in [-0.39, 0.29) is 0 Å². The predicted octanol–water partition coefficient (Wildman–Crippen LogP) is 1.95. The first-order valence-corrected chi connectivity index (χ1v) is 5.94. The molecule has 0 saturated carbocycles. The topological polar surface area (TPSA) is 15.3 Å². The number of piperidine rings is 1. The van der Waals surface area contributed by atoms with Gasteiger partial charge in [-0.15, -0.1) is 0 Å². The zero-order valence-corrected chi connectivity index (χ0v) is 9.50. The second-order valence-corrected chi connectivity index (χ2v) is 4.82. The molecule has 2 nitrogen and oxygen atoms in total. The van der Waals surface area contributed by atoms with E-state index >= 15 is 0 Å². The number of hydrogen-bond acceptors (Lipinski definition) is 2. The normalized spacial score (nSPS) is 37.2. The Morgan fingerprint density at radius 2 is 2.00 bits per heavy atom. The van der Waals surface area contributed by atoms with Gasteiger partial charge in [0.25, 0.3) is 0 Å². The Hall–Kier alpha value is -0.0500. The number of likely N-dealkylation sites (N-methyl/N-ethyl adjacent to an activating group) is 1. The van der Waals surface area contributed by atoms with Crippen molar-refractivity contribution < 1.29 is 0 Å². The Morgan fingerprint density at radius 3 is 2.57 bits per heavy atom. The molecule has 0 radical (unpaired) electrons. The maximum Gasteiger partial charge on any atom is 0.0174 e. The van der Waals surface area contributed by atoms with Gasteiger partial charge in [0.2, 0.25) is 0 Å². The van der Waals surface area contributed by atoms with E-state index in [4.69, 9.17) is 11.6 Å². The summed E-state index contributed by atoms with van der Waals surface area (Å²) in [6.45, 7) is 0.980. The van der Waals surface area contributed by atoms with Gasteiger partial charge in [0.05, 0.1) is 0 Å². The van der Waals surface area contributed by atoms with Crippen LogP contribution in [0.2, 0.25) is 0 Å². The van der Waals surface area contributed by atoms with Gasteiger partial charge >= 0.3 is 0 Å². The highest BCUT2D eigenvalue weighted by Crippen LogP contribution is 2.29. The third-order valence-corrected chi connectivity index (χ3v) is 3.73. The summed E-state index contributed by atoms with van der Waals surface area (Å²) in [6, 6.07) is 2.31. The zero-order chi connectivity index (χ0) is 9.97. The summed E-state index contributed by atoms with van der Waals surface area (Å²) in [5.74, 6) is 0. The highest BCUT2D eigenvalue weighted by Gasteiger charge is 2.34. The average Bonchev–Trinajstić information content (AvgIpc) is 2.54. The smallest absolute Gasteiger partial charge is 0.0174 e. The molecule has 2 rings (SSSR count). The first-order valence-electron chi connectivity index (χ1n) is 5.51. The molecule has 3 heteroatoms. The SMILES string of the molecule is CN(CC=CCl)C1CC2CCC(C1)N2. The quantitative estimate of drug-likeness (QED) is 0.773. The third kappa shape index (κ3) is 2.30. The molecule has 0 amide bonds. The zero-order valence-electron chi connectivity index (χ0n) is 8.75. The van der Waals surface area contributed by atoms with Gasteiger partial charge in [-0.1, -0.05) is 17.7 Å². The molecular formula is C11H19ClN2. The summed E-state index contributed by atoms with van der Waals surface area (Å²) in [4.78, 5) is 2.42. The van der Waals surface area contributed by atoms with Crippen LogP contribution in [0.4, 0.5) is 0 Å². The number of fused-ring (bicyclic) bond motifs is 2. The number of hydrogen-bond donors (Lipinski definition) is 1. The number of nitrogens with zero attached hydrogens (tertiary/aromatic N) is 1. The van der Waals surface area contributed by atoms with Crippen molar-refractivity contribution in [3.8, 4) is 0 Å². The molecule has 2 heterocycles. The van der Waals surface area contributed by atoms with E-state index in [9.17, 15) is 0 Å². The van der Waals surface area contributed by atoms with Crippen LogP contribution in [0.25, 0.3) is 0 Å². The number of nitrogens with one attached hydrogen (secondary N) is 1. The van der Waals surface area contributed by atoms with Crippen LogP contribution in [0.5, 0.6) is 0 Å². The number of rotatable bonds is 3. The molecule has 0 aromatic carbocycles. The molecule has 2 aliphatic rings. The fourth-order valence-corrected chi connectivity index (χ4v) is 2.82. The van der Waals surface area contributed by atoms with Crippen LogP contribution in [-0.4, -0.2) is 36.6 Å². The van der Waals surface area contributed by atoms with E-state index in [0.29, 0.717) is 0 Å². The summed E-state index contributed by atoms with van der Waals surface area (Å²) >= 11 is 5.53. The minimum atomic E-state index is 0.751. The molecule has 14 heavy (non-hydrogen) atoms. The molecule has 0 aromatic rings. The second-order valence-electron chi connectivity index (χ2n) is 4.56. The predicted molar refractivity (Wildman–Crippen MR) is 60.6 cm³/mol. The highest BCUT2D eigenvalue weighted by atomic mass is 35.5. The van der Waals surface area contributed by atoms with E-state index in [1.165, 1.54) is 25.7 Å². The van der Waals surface area contributed by atoms with Crippen LogP contribution in [0.1, 0.15) is 25.7 Å². The average molecular weight is 215 g/mol. The fraction of sp³-hybridized carbons (Fsp3) is 0.818. The van der Waals surface area contributed by atoms with Gasteiger partial charge in [-0.05, 0) is 32.7 Å². The van der Waals surface area contributed by atoms with Gasteiger partial charge in [-0.2, -0.15) is 0 Å². The van der Waals surface area contributed by atoms with Crippen molar-refractivity contribution in [2.24, 2.45) is 0 Å². The largest absolute Gasteiger partial charge is 0.311 e. The van der Waals surface area contributed by atoms with Gasteiger partial charge in [0.15, 0.2) is 0 Å². The molecule has 0 aliphatic carbocycles. The number of halogens is 1. The Kier molecular flexibility index (Phi) is 3.47. The molecule has 2 unspecified atom stereocenters. The van der Waals surface area contributed by atoms with Crippen molar-refractivity contribution in [3.63, 3.8) is 0 Å². The van der Waals surface area contributed by atoms with Crippen molar-refractivity contribution in [2.45, 2.75) is 43.8 Å². The lowest BCUT2D eigenvalue weighted by atomic mass is 9.99. The minimum absolute atomic E-state index is 0.751. The molecule has 2 bridgehead atoms. The van der Waals surface area contributed by atoms with Gasteiger partial charge < -0.3 is 5.32 Å². The molecule has 0 spiro atoms. The van der Waals surface area contributed by atoms with E-state index in [2.05, 4.69) is 17.3 Å². The lowest BCUT2D eigenvalue weighted by molar-refractivity contribution is 0.187. The van der Waals surface area contributed by atoms with Crippen molar-refractivity contribution in [3.05, 3.63) is 11.6 Å².